The predicted octanol–water partition coefficient (Wildman–Crippen LogP) is 4.73. The van der Waals surface area contributed by atoms with Gasteiger partial charge in [-0.1, -0.05) is 17.7 Å². The highest BCUT2D eigenvalue weighted by molar-refractivity contribution is 5.49. The van der Waals surface area contributed by atoms with Gasteiger partial charge in [0.25, 0.3) is 0 Å². The van der Waals surface area contributed by atoms with E-state index in [-0.39, 0.29) is 0 Å². The third-order valence-corrected chi connectivity index (χ3v) is 4.15. The van der Waals surface area contributed by atoms with Crippen LogP contribution in [-0.2, 0) is 0 Å². The molecular formula is C17H27N. The van der Waals surface area contributed by atoms with E-state index in [4.69, 9.17) is 0 Å². The van der Waals surface area contributed by atoms with Gasteiger partial charge in [0.05, 0.1) is 0 Å². The van der Waals surface area contributed by atoms with Crippen LogP contribution in [-0.4, -0.2) is 6.54 Å². The van der Waals surface area contributed by atoms with Crippen LogP contribution in [0.2, 0.25) is 0 Å². The third kappa shape index (κ3) is 3.28. The summed E-state index contributed by atoms with van der Waals surface area (Å²) in [6.45, 7) is 12.1. The van der Waals surface area contributed by atoms with Crippen molar-refractivity contribution in [1.29, 1.82) is 0 Å². The van der Waals surface area contributed by atoms with Crippen LogP contribution in [0.4, 0.5) is 0 Å². The number of hydrogen-bond donors (Lipinski definition) is 1. The fraction of sp³-hybridized carbons (Fsp3) is 0.647. The van der Waals surface area contributed by atoms with Gasteiger partial charge in [-0.3, -0.25) is 0 Å². The molecule has 18 heavy (non-hydrogen) atoms. The zero-order valence-corrected chi connectivity index (χ0v) is 12.2. The number of allylic oxidation sites excluding steroid dienone is 3. The van der Waals surface area contributed by atoms with Crippen molar-refractivity contribution in [3.63, 3.8) is 0 Å². The molecule has 0 bridgehead atoms. The molecule has 2 aliphatic rings. The minimum absolute atomic E-state index is 0.904. The highest BCUT2D eigenvalue weighted by atomic mass is 14.9. The summed E-state index contributed by atoms with van der Waals surface area (Å²) in [5.74, 6) is 0.904. The Kier molecular flexibility index (Phi) is 4.31. The first-order chi connectivity index (χ1) is 8.59. The molecule has 0 saturated heterocycles. The molecule has 0 unspecified atom stereocenters. The van der Waals surface area contributed by atoms with E-state index in [1.165, 1.54) is 49.7 Å². The maximum Gasteiger partial charge on any atom is 0.0342 e. The van der Waals surface area contributed by atoms with E-state index in [9.17, 15) is 0 Å². The van der Waals surface area contributed by atoms with Crippen LogP contribution in [0.5, 0.6) is 0 Å². The highest BCUT2D eigenvalue weighted by Crippen LogP contribution is 2.34. The lowest BCUT2D eigenvalue weighted by Gasteiger charge is -2.24. The Balaban J connectivity index is 2.12. The van der Waals surface area contributed by atoms with Gasteiger partial charge in [-0.05, 0) is 76.4 Å². The van der Waals surface area contributed by atoms with E-state index in [1.54, 1.807) is 11.1 Å². The molecule has 1 N–H and O–H groups in total. The number of hydrogen-bond acceptors (Lipinski definition) is 1. The molecule has 2 aliphatic carbocycles. The van der Waals surface area contributed by atoms with Gasteiger partial charge in [0, 0.05) is 12.2 Å². The van der Waals surface area contributed by atoms with Gasteiger partial charge in [-0.15, -0.1) is 0 Å². The van der Waals surface area contributed by atoms with Gasteiger partial charge in [0.1, 0.15) is 0 Å². The molecule has 0 radical (unpaired) electrons. The molecule has 0 aliphatic heterocycles. The standard InChI is InChI=1S/C17H27N/c1-12(2)17(14(4)18-11-15-9-10-15)16-8-6-5-7-13(16)3/h15,18H,4-11H2,1-3H3. The van der Waals surface area contributed by atoms with Gasteiger partial charge in [-0.2, -0.15) is 0 Å². The molecule has 1 fully saturated rings. The van der Waals surface area contributed by atoms with E-state index in [2.05, 4.69) is 32.7 Å². The van der Waals surface area contributed by atoms with E-state index < -0.39 is 0 Å². The van der Waals surface area contributed by atoms with E-state index in [1.807, 2.05) is 0 Å². The Morgan fingerprint density at radius 1 is 1.22 bits per heavy atom. The van der Waals surface area contributed by atoms with Crippen LogP contribution in [0.15, 0.2) is 34.6 Å². The Morgan fingerprint density at radius 3 is 2.44 bits per heavy atom. The van der Waals surface area contributed by atoms with Gasteiger partial charge in [-0.25, -0.2) is 0 Å². The molecule has 1 saturated carbocycles. The zero-order chi connectivity index (χ0) is 13.1. The second-order valence-corrected chi connectivity index (χ2v) is 6.14. The van der Waals surface area contributed by atoms with Gasteiger partial charge >= 0.3 is 0 Å². The second kappa shape index (κ2) is 5.77. The van der Waals surface area contributed by atoms with Crippen molar-refractivity contribution in [2.45, 2.75) is 59.3 Å². The lowest BCUT2D eigenvalue weighted by atomic mass is 9.85. The average Bonchev–Trinajstić information content (AvgIpc) is 3.13. The lowest BCUT2D eigenvalue weighted by Crippen LogP contribution is -2.19. The van der Waals surface area contributed by atoms with E-state index in [0.717, 1.165) is 18.2 Å². The monoisotopic (exact) mass is 245 g/mol. The average molecular weight is 245 g/mol. The summed E-state index contributed by atoms with van der Waals surface area (Å²) in [6.07, 6.45) is 7.98. The fourth-order valence-electron chi connectivity index (χ4n) is 2.86. The molecule has 0 spiro atoms. The Bertz CT molecular complexity index is 390. The number of nitrogens with one attached hydrogen (secondary N) is 1. The summed E-state index contributed by atoms with van der Waals surface area (Å²) in [6, 6.07) is 0. The predicted molar refractivity (Wildman–Crippen MR) is 79.4 cm³/mol. The second-order valence-electron chi connectivity index (χ2n) is 6.14. The smallest absolute Gasteiger partial charge is 0.0342 e. The van der Waals surface area contributed by atoms with Gasteiger partial charge in [0.2, 0.25) is 0 Å². The normalized spacial score (nSPS) is 19.7. The molecule has 1 heteroatoms. The van der Waals surface area contributed by atoms with E-state index in [0.29, 0.717) is 0 Å². The van der Waals surface area contributed by atoms with Crippen molar-refractivity contribution < 1.29 is 0 Å². The van der Waals surface area contributed by atoms with Crippen molar-refractivity contribution in [2.24, 2.45) is 5.92 Å². The minimum Gasteiger partial charge on any atom is -0.385 e. The first kappa shape index (κ1) is 13.5. The molecule has 0 heterocycles. The maximum atomic E-state index is 4.28. The maximum absolute atomic E-state index is 4.28. The molecule has 0 atom stereocenters. The van der Waals surface area contributed by atoms with E-state index >= 15 is 0 Å². The minimum atomic E-state index is 0.904. The quantitative estimate of drug-likeness (QED) is 0.691. The van der Waals surface area contributed by atoms with Crippen LogP contribution >= 0.6 is 0 Å². The largest absolute Gasteiger partial charge is 0.385 e. The summed E-state index contributed by atoms with van der Waals surface area (Å²) in [7, 11) is 0. The van der Waals surface area contributed by atoms with Crippen molar-refractivity contribution >= 4 is 0 Å². The Hall–Kier alpha value is -0.980. The van der Waals surface area contributed by atoms with Crippen LogP contribution in [0.25, 0.3) is 0 Å². The van der Waals surface area contributed by atoms with Crippen LogP contribution in [0, 0.1) is 5.92 Å². The third-order valence-electron chi connectivity index (χ3n) is 4.15. The Morgan fingerprint density at radius 2 is 1.89 bits per heavy atom. The zero-order valence-electron chi connectivity index (χ0n) is 12.2. The van der Waals surface area contributed by atoms with Gasteiger partial charge in [0.15, 0.2) is 0 Å². The number of rotatable bonds is 5. The Labute approximate surface area is 112 Å². The first-order valence-electron chi connectivity index (χ1n) is 7.39. The summed E-state index contributed by atoms with van der Waals surface area (Å²) >= 11 is 0. The van der Waals surface area contributed by atoms with Crippen molar-refractivity contribution in [1.82, 2.24) is 5.32 Å². The molecule has 0 aromatic heterocycles. The summed E-state index contributed by atoms with van der Waals surface area (Å²) < 4.78 is 0. The summed E-state index contributed by atoms with van der Waals surface area (Å²) in [5, 5.41) is 3.56. The molecule has 0 aromatic carbocycles. The van der Waals surface area contributed by atoms with Crippen molar-refractivity contribution in [3.8, 4) is 0 Å². The molecular weight excluding hydrogens is 218 g/mol. The molecule has 1 nitrogen and oxygen atoms in total. The fourth-order valence-corrected chi connectivity index (χ4v) is 2.86. The van der Waals surface area contributed by atoms with Gasteiger partial charge < -0.3 is 5.32 Å². The molecule has 0 amide bonds. The molecule has 0 aromatic rings. The van der Waals surface area contributed by atoms with Crippen LogP contribution < -0.4 is 5.32 Å². The highest BCUT2D eigenvalue weighted by Gasteiger charge is 2.22. The molecule has 100 valence electrons. The summed E-state index contributed by atoms with van der Waals surface area (Å²) in [4.78, 5) is 0. The molecule has 2 rings (SSSR count). The lowest BCUT2D eigenvalue weighted by molar-refractivity contribution is 0.668. The van der Waals surface area contributed by atoms with Crippen LogP contribution in [0.1, 0.15) is 59.3 Å². The van der Waals surface area contributed by atoms with Crippen molar-refractivity contribution in [2.75, 3.05) is 6.54 Å². The SMILES string of the molecule is C=C(NCC1CC1)C(=C(C)C)C1=C(C)CCCC1. The van der Waals surface area contributed by atoms with Crippen molar-refractivity contribution in [3.05, 3.63) is 34.6 Å². The topological polar surface area (TPSA) is 12.0 Å². The summed E-state index contributed by atoms with van der Waals surface area (Å²) in [5.41, 5.74) is 7.10. The van der Waals surface area contributed by atoms with Crippen LogP contribution in [0.3, 0.4) is 0 Å². The first-order valence-corrected chi connectivity index (χ1v) is 7.39.